The second kappa shape index (κ2) is 7.80. The first kappa shape index (κ1) is 20.3. The monoisotopic (exact) mass is 447 g/mol. The van der Waals surface area contributed by atoms with Gasteiger partial charge in [0.15, 0.2) is 11.5 Å². The maximum Gasteiger partial charge on any atom is 0.162 e. The standard InChI is InChI=1S/C25H19ClFN3O2/c1-14-4-9-17(10-20(14)26)30-25-18-11-22(31-2)23(32-3)12-21(18)28-13-19(25)24(29-30)15-5-7-16(27)8-6-15/h4-13H,1-3H3. The minimum absolute atomic E-state index is 0.303. The zero-order chi connectivity index (χ0) is 22.4. The highest BCUT2D eigenvalue weighted by atomic mass is 35.5. The smallest absolute Gasteiger partial charge is 0.162 e. The average Bonchev–Trinajstić information content (AvgIpc) is 3.20. The van der Waals surface area contributed by atoms with Gasteiger partial charge in [-0.3, -0.25) is 4.98 Å². The van der Waals surface area contributed by atoms with Gasteiger partial charge in [0, 0.05) is 33.6 Å². The van der Waals surface area contributed by atoms with Crippen molar-refractivity contribution in [3.05, 3.63) is 77.2 Å². The van der Waals surface area contributed by atoms with Crippen LogP contribution in [0.5, 0.6) is 11.5 Å². The molecule has 32 heavy (non-hydrogen) atoms. The molecule has 0 unspecified atom stereocenters. The fourth-order valence-corrected chi connectivity index (χ4v) is 4.01. The Morgan fingerprint density at radius 2 is 1.62 bits per heavy atom. The van der Waals surface area contributed by atoms with Crippen molar-refractivity contribution in [1.29, 1.82) is 0 Å². The molecule has 0 aliphatic carbocycles. The number of ether oxygens (including phenoxy) is 2. The first-order chi connectivity index (χ1) is 15.5. The predicted octanol–water partition coefficient (Wildman–Crippen LogP) is 6.36. The van der Waals surface area contributed by atoms with Gasteiger partial charge in [-0.15, -0.1) is 0 Å². The molecule has 0 amide bonds. The molecule has 0 spiro atoms. The van der Waals surface area contributed by atoms with E-state index in [4.69, 9.17) is 26.2 Å². The highest BCUT2D eigenvalue weighted by Crippen LogP contribution is 2.38. The lowest BCUT2D eigenvalue weighted by Crippen LogP contribution is -1.98. The summed E-state index contributed by atoms with van der Waals surface area (Å²) in [6.07, 6.45) is 1.78. The number of hydrogen-bond donors (Lipinski definition) is 0. The minimum Gasteiger partial charge on any atom is -0.493 e. The number of nitrogens with zero attached hydrogens (tertiary/aromatic N) is 3. The Morgan fingerprint density at radius 3 is 2.31 bits per heavy atom. The van der Waals surface area contributed by atoms with Crippen molar-refractivity contribution in [2.45, 2.75) is 6.92 Å². The Bertz CT molecular complexity index is 1480. The second-order valence-corrected chi connectivity index (χ2v) is 7.85. The topological polar surface area (TPSA) is 49.2 Å². The Kier molecular flexibility index (Phi) is 4.94. The van der Waals surface area contributed by atoms with E-state index >= 15 is 0 Å². The molecular formula is C25H19ClFN3O2. The van der Waals surface area contributed by atoms with Crippen molar-refractivity contribution in [3.8, 4) is 28.4 Å². The molecule has 3 aromatic carbocycles. The van der Waals surface area contributed by atoms with E-state index in [-0.39, 0.29) is 5.82 Å². The molecule has 0 atom stereocenters. The molecule has 2 aromatic heterocycles. The molecule has 5 nitrogen and oxygen atoms in total. The van der Waals surface area contributed by atoms with Gasteiger partial charge in [-0.05, 0) is 55.0 Å². The molecule has 7 heteroatoms. The van der Waals surface area contributed by atoms with Crippen LogP contribution in [0.2, 0.25) is 5.02 Å². The molecule has 0 saturated heterocycles. The van der Waals surface area contributed by atoms with Crippen molar-refractivity contribution >= 4 is 33.4 Å². The largest absolute Gasteiger partial charge is 0.493 e. The molecule has 0 aliphatic rings. The van der Waals surface area contributed by atoms with E-state index in [0.717, 1.165) is 38.6 Å². The molecule has 160 valence electrons. The molecule has 0 fully saturated rings. The number of methoxy groups -OCH3 is 2. The third kappa shape index (κ3) is 3.24. The summed E-state index contributed by atoms with van der Waals surface area (Å²) < 4.78 is 26.4. The number of rotatable bonds is 4. The fourth-order valence-electron chi connectivity index (χ4n) is 3.83. The van der Waals surface area contributed by atoms with Crippen molar-refractivity contribution < 1.29 is 13.9 Å². The Balaban J connectivity index is 1.90. The van der Waals surface area contributed by atoms with Gasteiger partial charge in [0.2, 0.25) is 0 Å². The first-order valence-electron chi connectivity index (χ1n) is 9.96. The fraction of sp³-hybridized carbons (Fsp3) is 0.120. The van der Waals surface area contributed by atoms with Gasteiger partial charge in [-0.25, -0.2) is 9.07 Å². The van der Waals surface area contributed by atoms with E-state index in [9.17, 15) is 4.39 Å². The van der Waals surface area contributed by atoms with Gasteiger partial charge in [0.1, 0.15) is 11.5 Å². The number of halogens is 2. The van der Waals surface area contributed by atoms with Crippen LogP contribution in [0.3, 0.4) is 0 Å². The maximum atomic E-state index is 13.6. The van der Waals surface area contributed by atoms with E-state index in [2.05, 4.69) is 4.98 Å². The van der Waals surface area contributed by atoms with Gasteiger partial charge in [0.05, 0.1) is 30.9 Å². The molecular weight excluding hydrogens is 429 g/mol. The lowest BCUT2D eigenvalue weighted by molar-refractivity contribution is 0.356. The van der Waals surface area contributed by atoms with Crippen molar-refractivity contribution in [1.82, 2.24) is 14.8 Å². The summed E-state index contributed by atoms with van der Waals surface area (Å²) in [7, 11) is 3.19. The SMILES string of the molecule is COc1cc2ncc3c(-c4ccc(F)cc4)nn(-c4ccc(C)c(Cl)c4)c3c2cc1OC. The third-order valence-corrected chi connectivity index (χ3v) is 5.94. The number of aryl methyl sites for hydroxylation is 1. The van der Waals surface area contributed by atoms with Crippen LogP contribution < -0.4 is 9.47 Å². The van der Waals surface area contributed by atoms with Crippen LogP contribution in [0, 0.1) is 12.7 Å². The van der Waals surface area contributed by atoms with Crippen LogP contribution in [0.15, 0.2) is 60.8 Å². The van der Waals surface area contributed by atoms with Crippen LogP contribution in [-0.4, -0.2) is 29.0 Å². The van der Waals surface area contributed by atoms with E-state index < -0.39 is 0 Å². The average molecular weight is 448 g/mol. The quantitative estimate of drug-likeness (QED) is 0.321. The molecule has 2 heterocycles. The third-order valence-electron chi connectivity index (χ3n) is 5.53. The second-order valence-electron chi connectivity index (χ2n) is 7.45. The number of benzene rings is 3. The van der Waals surface area contributed by atoms with Gasteiger partial charge in [-0.2, -0.15) is 5.10 Å². The summed E-state index contributed by atoms with van der Waals surface area (Å²) >= 11 is 6.43. The lowest BCUT2D eigenvalue weighted by atomic mass is 10.1. The van der Waals surface area contributed by atoms with Crippen LogP contribution in [0.25, 0.3) is 38.8 Å². The maximum absolute atomic E-state index is 13.6. The predicted molar refractivity (Wildman–Crippen MR) is 125 cm³/mol. The molecule has 5 rings (SSSR count). The Morgan fingerprint density at radius 1 is 0.906 bits per heavy atom. The highest BCUT2D eigenvalue weighted by Gasteiger charge is 2.19. The molecule has 0 bridgehead atoms. The highest BCUT2D eigenvalue weighted by molar-refractivity contribution is 6.31. The Hall–Kier alpha value is -3.64. The molecule has 0 saturated carbocycles. The van der Waals surface area contributed by atoms with Crippen molar-refractivity contribution in [2.75, 3.05) is 14.2 Å². The van der Waals surface area contributed by atoms with Crippen LogP contribution in [0.1, 0.15) is 5.56 Å². The summed E-state index contributed by atoms with van der Waals surface area (Å²) in [6.45, 7) is 1.95. The number of pyridine rings is 1. The van der Waals surface area contributed by atoms with Gasteiger partial charge >= 0.3 is 0 Å². The summed E-state index contributed by atoms with van der Waals surface area (Å²) in [4.78, 5) is 4.65. The van der Waals surface area contributed by atoms with Crippen LogP contribution >= 0.6 is 11.6 Å². The summed E-state index contributed by atoms with van der Waals surface area (Å²) in [6, 6.07) is 15.8. The number of fused-ring (bicyclic) bond motifs is 3. The molecule has 0 aliphatic heterocycles. The van der Waals surface area contributed by atoms with E-state index in [1.165, 1.54) is 12.1 Å². The summed E-state index contributed by atoms with van der Waals surface area (Å²) in [5, 5.41) is 7.22. The van der Waals surface area contributed by atoms with Crippen molar-refractivity contribution in [3.63, 3.8) is 0 Å². The first-order valence-corrected chi connectivity index (χ1v) is 10.3. The molecule has 5 aromatic rings. The Labute approximate surface area is 189 Å². The van der Waals surface area contributed by atoms with Gasteiger partial charge < -0.3 is 9.47 Å². The summed E-state index contributed by atoms with van der Waals surface area (Å²) in [5.41, 5.74) is 4.84. The van der Waals surface area contributed by atoms with Crippen LogP contribution in [0.4, 0.5) is 4.39 Å². The lowest BCUT2D eigenvalue weighted by Gasteiger charge is -2.11. The molecule has 0 N–H and O–H groups in total. The summed E-state index contributed by atoms with van der Waals surface area (Å²) in [5.74, 6) is 0.880. The van der Waals surface area contributed by atoms with E-state index in [0.29, 0.717) is 22.2 Å². The zero-order valence-electron chi connectivity index (χ0n) is 17.7. The van der Waals surface area contributed by atoms with Gasteiger partial charge in [0.25, 0.3) is 0 Å². The minimum atomic E-state index is -0.303. The van der Waals surface area contributed by atoms with Gasteiger partial charge in [-0.1, -0.05) is 17.7 Å². The number of hydrogen-bond acceptors (Lipinski definition) is 4. The normalized spacial score (nSPS) is 11.3. The van der Waals surface area contributed by atoms with Crippen LogP contribution in [-0.2, 0) is 0 Å². The zero-order valence-corrected chi connectivity index (χ0v) is 18.4. The van der Waals surface area contributed by atoms with Crippen molar-refractivity contribution in [2.24, 2.45) is 0 Å². The van der Waals surface area contributed by atoms with E-state index in [1.54, 1.807) is 32.5 Å². The number of aromatic nitrogens is 3. The molecule has 0 radical (unpaired) electrons. The van der Waals surface area contributed by atoms with E-state index in [1.807, 2.05) is 41.9 Å².